The van der Waals surface area contributed by atoms with E-state index in [0.29, 0.717) is 5.69 Å². The minimum absolute atomic E-state index is 0.114. The molecule has 0 bridgehead atoms. The molecule has 2 rings (SSSR count). The van der Waals surface area contributed by atoms with Crippen molar-refractivity contribution in [1.29, 1.82) is 0 Å². The molecule has 0 amide bonds. The van der Waals surface area contributed by atoms with Gasteiger partial charge in [0, 0.05) is 18.2 Å². The van der Waals surface area contributed by atoms with E-state index in [-0.39, 0.29) is 11.4 Å². The number of carbonyl (C=O) groups is 1. The summed E-state index contributed by atoms with van der Waals surface area (Å²) >= 11 is 0. The normalized spacial score (nSPS) is 10.2. The van der Waals surface area contributed by atoms with Crippen LogP contribution in [-0.2, 0) is 0 Å². The number of non-ortho nitro benzene ring substituents is 1. The van der Waals surface area contributed by atoms with Gasteiger partial charge in [-0.1, -0.05) is 0 Å². The average molecular weight is 249 g/mol. The van der Waals surface area contributed by atoms with Crippen molar-refractivity contribution >= 4 is 11.7 Å². The SMILES string of the molecule is O=C(O)c1cc(=O)n(-c2ccc([N+](=O)[O-])cc2)[nH]1. The maximum atomic E-state index is 11.5. The fourth-order valence-electron chi connectivity index (χ4n) is 1.42. The number of nitro groups is 1. The highest BCUT2D eigenvalue weighted by atomic mass is 16.6. The van der Waals surface area contributed by atoms with Gasteiger partial charge in [-0.25, -0.2) is 9.48 Å². The largest absolute Gasteiger partial charge is 0.477 e. The fourth-order valence-corrected chi connectivity index (χ4v) is 1.42. The number of carboxylic acid groups (broad SMARTS) is 1. The molecule has 1 aromatic carbocycles. The number of rotatable bonds is 3. The second kappa shape index (κ2) is 4.17. The molecule has 0 aliphatic rings. The Morgan fingerprint density at radius 2 is 1.94 bits per heavy atom. The van der Waals surface area contributed by atoms with Crippen LogP contribution in [-0.4, -0.2) is 25.8 Å². The predicted molar refractivity (Wildman–Crippen MR) is 60.0 cm³/mol. The summed E-state index contributed by atoms with van der Waals surface area (Å²) in [5.41, 5.74) is -0.602. The Labute approximate surface area is 99.2 Å². The van der Waals surface area contributed by atoms with Gasteiger partial charge in [-0.2, -0.15) is 0 Å². The molecule has 0 saturated heterocycles. The first-order chi connectivity index (χ1) is 8.49. The van der Waals surface area contributed by atoms with E-state index in [4.69, 9.17) is 5.11 Å². The molecule has 2 N–H and O–H groups in total. The molecule has 18 heavy (non-hydrogen) atoms. The average Bonchev–Trinajstić information content (AvgIpc) is 2.71. The highest BCUT2D eigenvalue weighted by molar-refractivity contribution is 5.85. The van der Waals surface area contributed by atoms with Gasteiger partial charge < -0.3 is 5.11 Å². The number of benzene rings is 1. The van der Waals surface area contributed by atoms with Gasteiger partial charge in [0.15, 0.2) is 0 Å². The molecule has 0 radical (unpaired) electrons. The predicted octanol–water partition coefficient (Wildman–Crippen LogP) is 0.772. The van der Waals surface area contributed by atoms with E-state index in [2.05, 4.69) is 5.10 Å². The summed E-state index contributed by atoms with van der Waals surface area (Å²) in [5.74, 6) is -1.26. The lowest BCUT2D eigenvalue weighted by Crippen LogP contribution is -2.13. The molecular formula is C10H7N3O5. The van der Waals surface area contributed by atoms with Crippen LogP contribution in [0.5, 0.6) is 0 Å². The monoisotopic (exact) mass is 249 g/mol. The van der Waals surface area contributed by atoms with E-state index < -0.39 is 16.5 Å². The summed E-state index contributed by atoms with van der Waals surface area (Å²) in [6.45, 7) is 0. The number of carboxylic acids is 1. The van der Waals surface area contributed by atoms with Gasteiger partial charge in [-0.05, 0) is 12.1 Å². The summed E-state index contributed by atoms with van der Waals surface area (Å²) in [5, 5.41) is 21.6. The van der Waals surface area contributed by atoms with E-state index in [0.717, 1.165) is 10.7 Å². The maximum absolute atomic E-state index is 11.5. The van der Waals surface area contributed by atoms with Crippen molar-refractivity contribution in [3.8, 4) is 5.69 Å². The topological polar surface area (TPSA) is 118 Å². The highest BCUT2D eigenvalue weighted by Gasteiger charge is 2.11. The van der Waals surface area contributed by atoms with Gasteiger partial charge in [-0.3, -0.25) is 20.0 Å². The van der Waals surface area contributed by atoms with E-state index >= 15 is 0 Å². The molecule has 0 aliphatic heterocycles. The first-order valence-electron chi connectivity index (χ1n) is 4.79. The Balaban J connectivity index is 2.46. The van der Waals surface area contributed by atoms with Crippen molar-refractivity contribution in [2.75, 3.05) is 0 Å². The zero-order valence-electron chi connectivity index (χ0n) is 8.86. The quantitative estimate of drug-likeness (QED) is 0.615. The van der Waals surface area contributed by atoms with E-state index in [1.165, 1.54) is 24.3 Å². The molecule has 2 aromatic rings. The maximum Gasteiger partial charge on any atom is 0.353 e. The Bertz CT molecular complexity index is 668. The standard InChI is InChI=1S/C10H7N3O5/c14-9-5-8(10(15)16)11-12(9)6-1-3-7(4-2-6)13(17)18/h1-5,11H,(H,15,16). The first-order valence-corrected chi connectivity index (χ1v) is 4.79. The number of nitrogens with zero attached hydrogens (tertiary/aromatic N) is 2. The van der Waals surface area contributed by atoms with E-state index in [1.807, 2.05) is 0 Å². The van der Waals surface area contributed by atoms with Crippen LogP contribution in [0.4, 0.5) is 5.69 Å². The molecule has 8 nitrogen and oxygen atoms in total. The Morgan fingerprint density at radius 1 is 1.33 bits per heavy atom. The summed E-state index contributed by atoms with van der Waals surface area (Å²) < 4.78 is 0.993. The number of hydrogen-bond acceptors (Lipinski definition) is 4. The fraction of sp³-hybridized carbons (Fsp3) is 0. The smallest absolute Gasteiger partial charge is 0.353 e. The lowest BCUT2D eigenvalue weighted by atomic mass is 10.3. The zero-order valence-corrected chi connectivity index (χ0v) is 8.86. The Morgan fingerprint density at radius 3 is 2.39 bits per heavy atom. The molecule has 0 spiro atoms. The van der Waals surface area contributed by atoms with Crippen LogP contribution in [0.25, 0.3) is 5.69 Å². The second-order valence-corrected chi connectivity index (χ2v) is 3.42. The summed E-state index contributed by atoms with van der Waals surface area (Å²) in [6.07, 6.45) is 0. The Kier molecular flexibility index (Phi) is 2.68. The van der Waals surface area contributed by atoms with Crippen molar-refractivity contribution in [2.24, 2.45) is 0 Å². The summed E-state index contributed by atoms with van der Waals surface area (Å²) in [6, 6.07) is 6.08. The molecule has 0 unspecified atom stereocenters. The zero-order chi connectivity index (χ0) is 13.3. The van der Waals surface area contributed by atoms with Crippen molar-refractivity contribution in [3.05, 3.63) is 56.5 Å². The highest BCUT2D eigenvalue weighted by Crippen LogP contribution is 2.13. The van der Waals surface area contributed by atoms with Crippen LogP contribution >= 0.6 is 0 Å². The third kappa shape index (κ3) is 1.98. The van der Waals surface area contributed by atoms with Gasteiger partial charge in [0.25, 0.3) is 11.2 Å². The summed E-state index contributed by atoms with van der Waals surface area (Å²) in [7, 11) is 0. The van der Waals surface area contributed by atoms with Crippen LogP contribution in [0.1, 0.15) is 10.5 Å². The lowest BCUT2D eigenvalue weighted by molar-refractivity contribution is -0.384. The Hall–Kier alpha value is -2.90. The number of nitrogens with one attached hydrogen (secondary N) is 1. The van der Waals surface area contributed by atoms with Crippen LogP contribution in [0, 0.1) is 10.1 Å². The van der Waals surface area contributed by atoms with Gasteiger partial charge >= 0.3 is 5.97 Å². The number of H-pyrrole nitrogens is 1. The van der Waals surface area contributed by atoms with Crippen molar-refractivity contribution < 1.29 is 14.8 Å². The molecule has 0 aliphatic carbocycles. The minimum Gasteiger partial charge on any atom is -0.477 e. The molecule has 0 atom stereocenters. The van der Waals surface area contributed by atoms with Crippen LogP contribution in [0.3, 0.4) is 0 Å². The number of aromatic nitrogens is 2. The van der Waals surface area contributed by atoms with Gasteiger partial charge in [0.05, 0.1) is 10.6 Å². The minimum atomic E-state index is -1.26. The molecule has 1 aromatic heterocycles. The number of hydrogen-bond donors (Lipinski definition) is 2. The van der Waals surface area contributed by atoms with Gasteiger partial charge in [-0.15, -0.1) is 0 Å². The van der Waals surface area contributed by atoms with Crippen LogP contribution in [0.2, 0.25) is 0 Å². The molecule has 1 heterocycles. The van der Waals surface area contributed by atoms with Crippen molar-refractivity contribution in [3.63, 3.8) is 0 Å². The number of nitro benzene ring substituents is 1. The van der Waals surface area contributed by atoms with Crippen molar-refractivity contribution in [2.45, 2.75) is 0 Å². The molecule has 8 heteroatoms. The van der Waals surface area contributed by atoms with Gasteiger partial charge in [0.1, 0.15) is 5.69 Å². The van der Waals surface area contributed by atoms with Crippen LogP contribution < -0.4 is 5.56 Å². The van der Waals surface area contributed by atoms with E-state index in [1.54, 1.807) is 0 Å². The van der Waals surface area contributed by atoms with Crippen LogP contribution in [0.15, 0.2) is 35.1 Å². The first kappa shape index (κ1) is 11.6. The molecule has 92 valence electrons. The molecule has 0 saturated carbocycles. The van der Waals surface area contributed by atoms with Crippen molar-refractivity contribution in [1.82, 2.24) is 9.78 Å². The summed E-state index contributed by atoms with van der Waals surface area (Å²) in [4.78, 5) is 32.1. The third-order valence-electron chi connectivity index (χ3n) is 2.27. The van der Waals surface area contributed by atoms with E-state index in [9.17, 15) is 19.7 Å². The molecular weight excluding hydrogens is 242 g/mol. The number of aromatic carboxylic acids is 1. The van der Waals surface area contributed by atoms with Gasteiger partial charge in [0.2, 0.25) is 0 Å². The second-order valence-electron chi connectivity index (χ2n) is 3.42. The number of aromatic amines is 1. The third-order valence-corrected chi connectivity index (χ3v) is 2.27. The molecule has 0 fully saturated rings. The lowest BCUT2D eigenvalue weighted by Gasteiger charge is -2.00.